The van der Waals surface area contributed by atoms with E-state index in [0.717, 1.165) is 0 Å². The van der Waals surface area contributed by atoms with Gasteiger partial charge in [0, 0.05) is 25.2 Å². The molecule has 0 saturated heterocycles. The van der Waals surface area contributed by atoms with Gasteiger partial charge in [0.1, 0.15) is 4.90 Å². The Morgan fingerprint density at radius 3 is 2.31 bits per heavy atom. The summed E-state index contributed by atoms with van der Waals surface area (Å²) in [5.74, 6) is -0.203. The second kappa shape index (κ2) is 9.31. The van der Waals surface area contributed by atoms with Crippen molar-refractivity contribution < 1.29 is 13.2 Å². The van der Waals surface area contributed by atoms with E-state index in [1.54, 1.807) is 44.2 Å². The third kappa shape index (κ3) is 4.72. The maximum Gasteiger partial charge on any atom is 0.224 e. The van der Waals surface area contributed by atoms with Crippen LogP contribution in [0.3, 0.4) is 0 Å². The standard InChI is InChI=1S/C22H31N3O3S/c1-6-10-21(26)24-18-11-9-12-19(25(7-2)8-3)22(18)29(27,28)20-14-15(4)17(23)13-16(20)5/h9,11-14H,6-8,10,23H2,1-5H3,(H,24,26). The summed E-state index contributed by atoms with van der Waals surface area (Å²) >= 11 is 0. The monoisotopic (exact) mass is 417 g/mol. The molecular formula is C22H31N3O3S. The maximum atomic E-state index is 13.8. The van der Waals surface area contributed by atoms with Crippen molar-refractivity contribution in [2.75, 3.05) is 29.0 Å². The second-order valence-corrected chi connectivity index (χ2v) is 8.96. The molecule has 7 heteroatoms. The van der Waals surface area contributed by atoms with Gasteiger partial charge in [-0.05, 0) is 69.5 Å². The van der Waals surface area contributed by atoms with Gasteiger partial charge < -0.3 is 16.0 Å². The number of hydrogen-bond acceptors (Lipinski definition) is 5. The lowest BCUT2D eigenvalue weighted by atomic mass is 10.1. The van der Waals surface area contributed by atoms with E-state index in [-0.39, 0.29) is 15.7 Å². The highest BCUT2D eigenvalue weighted by Crippen LogP contribution is 2.38. The lowest BCUT2D eigenvalue weighted by Gasteiger charge is -2.26. The normalized spacial score (nSPS) is 11.3. The number of nitrogens with two attached hydrogens (primary N) is 1. The zero-order valence-electron chi connectivity index (χ0n) is 17.9. The van der Waals surface area contributed by atoms with E-state index in [1.165, 1.54) is 0 Å². The molecule has 0 atom stereocenters. The van der Waals surface area contributed by atoms with Crippen LogP contribution in [-0.4, -0.2) is 27.4 Å². The largest absolute Gasteiger partial charge is 0.399 e. The molecule has 29 heavy (non-hydrogen) atoms. The highest BCUT2D eigenvalue weighted by molar-refractivity contribution is 7.92. The van der Waals surface area contributed by atoms with Crippen LogP contribution in [0.15, 0.2) is 40.1 Å². The SMILES string of the molecule is CCCC(=O)Nc1cccc(N(CC)CC)c1S(=O)(=O)c1cc(C)c(N)cc1C. The summed E-state index contributed by atoms with van der Waals surface area (Å²) in [6, 6.07) is 8.49. The van der Waals surface area contributed by atoms with E-state index in [2.05, 4.69) is 5.32 Å². The smallest absolute Gasteiger partial charge is 0.224 e. The molecule has 2 aromatic carbocycles. The van der Waals surface area contributed by atoms with Crippen molar-refractivity contribution in [3.05, 3.63) is 41.5 Å². The Labute approximate surface area is 174 Å². The number of anilines is 3. The van der Waals surface area contributed by atoms with Crippen molar-refractivity contribution in [2.45, 2.75) is 57.3 Å². The molecule has 6 nitrogen and oxygen atoms in total. The predicted molar refractivity (Wildman–Crippen MR) is 119 cm³/mol. The van der Waals surface area contributed by atoms with Gasteiger partial charge in [-0.15, -0.1) is 0 Å². The molecule has 0 heterocycles. The molecule has 158 valence electrons. The van der Waals surface area contributed by atoms with Crippen LogP contribution in [0.5, 0.6) is 0 Å². The number of nitrogens with zero attached hydrogens (tertiary/aromatic N) is 1. The third-order valence-corrected chi connectivity index (χ3v) is 6.96. The van der Waals surface area contributed by atoms with Crippen LogP contribution in [-0.2, 0) is 14.6 Å². The van der Waals surface area contributed by atoms with Gasteiger partial charge in [-0.2, -0.15) is 0 Å². The Kier molecular flexibility index (Phi) is 7.30. The number of sulfone groups is 1. The van der Waals surface area contributed by atoms with E-state index in [9.17, 15) is 13.2 Å². The van der Waals surface area contributed by atoms with Crippen LogP contribution >= 0.6 is 0 Å². The predicted octanol–water partition coefficient (Wildman–Crippen LogP) is 4.30. The van der Waals surface area contributed by atoms with Crippen LogP contribution in [0.25, 0.3) is 0 Å². The van der Waals surface area contributed by atoms with Crippen LogP contribution in [0, 0.1) is 13.8 Å². The van der Waals surface area contributed by atoms with Gasteiger partial charge in [-0.3, -0.25) is 4.79 Å². The number of rotatable bonds is 8. The van der Waals surface area contributed by atoms with Gasteiger partial charge in [-0.1, -0.05) is 13.0 Å². The van der Waals surface area contributed by atoms with Crippen molar-refractivity contribution in [3.8, 4) is 0 Å². The molecule has 0 bridgehead atoms. The molecule has 1 amide bonds. The molecule has 2 aromatic rings. The summed E-state index contributed by atoms with van der Waals surface area (Å²) < 4.78 is 27.6. The molecule has 0 unspecified atom stereocenters. The minimum atomic E-state index is -3.91. The minimum absolute atomic E-state index is 0.125. The van der Waals surface area contributed by atoms with Crippen LogP contribution in [0.2, 0.25) is 0 Å². The van der Waals surface area contributed by atoms with E-state index in [1.807, 2.05) is 25.7 Å². The first-order chi connectivity index (χ1) is 13.7. The van der Waals surface area contributed by atoms with Crippen molar-refractivity contribution in [1.82, 2.24) is 0 Å². The first kappa shape index (κ1) is 22.7. The Balaban J connectivity index is 2.79. The number of carbonyl (C=O) groups excluding carboxylic acids is 1. The fraction of sp³-hybridized carbons (Fsp3) is 0.409. The zero-order valence-corrected chi connectivity index (χ0v) is 18.7. The molecule has 2 rings (SSSR count). The van der Waals surface area contributed by atoms with Crippen LogP contribution < -0.4 is 16.0 Å². The van der Waals surface area contributed by atoms with Gasteiger partial charge in [-0.25, -0.2) is 8.42 Å². The Morgan fingerprint density at radius 2 is 1.72 bits per heavy atom. The molecule has 0 aliphatic heterocycles. The zero-order chi connectivity index (χ0) is 21.8. The Morgan fingerprint density at radius 1 is 1.07 bits per heavy atom. The molecule has 0 aliphatic carbocycles. The van der Waals surface area contributed by atoms with Crippen molar-refractivity contribution >= 4 is 32.8 Å². The van der Waals surface area contributed by atoms with Gasteiger partial charge in [0.05, 0.1) is 16.3 Å². The molecule has 0 saturated carbocycles. The van der Waals surface area contributed by atoms with E-state index >= 15 is 0 Å². The average molecular weight is 418 g/mol. The molecule has 0 spiro atoms. The fourth-order valence-electron chi connectivity index (χ4n) is 3.37. The number of nitrogen functional groups attached to an aromatic ring is 1. The number of amides is 1. The summed E-state index contributed by atoms with van der Waals surface area (Å²) in [7, 11) is -3.91. The molecule has 0 aliphatic rings. The minimum Gasteiger partial charge on any atom is -0.399 e. The van der Waals surface area contributed by atoms with Gasteiger partial charge >= 0.3 is 0 Å². The molecule has 0 aromatic heterocycles. The quantitative estimate of drug-likeness (QED) is 0.625. The number of benzene rings is 2. The topological polar surface area (TPSA) is 92.5 Å². The average Bonchev–Trinajstić information content (AvgIpc) is 2.65. The maximum absolute atomic E-state index is 13.8. The first-order valence-corrected chi connectivity index (χ1v) is 11.4. The molecule has 3 N–H and O–H groups in total. The Hall–Kier alpha value is -2.54. The number of nitrogens with one attached hydrogen (secondary N) is 1. The molecule has 0 fully saturated rings. The van der Waals surface area contributed by atoms with Crippen LogP contribution in [0.4, 0.5) is 17.1 Å². The fourth-order valence-corrected chi connectivity index (χ4v) is 5.29. The summed E-state index contributed by atoms with van der Waals surface area (Å²) in [5, 5.41) is 2.81. The molecular weight excluding hydrogens is 386 g/mol. The number of aryl methyl sites for hydroxylation is 2. The number of carbonyl (C=O) groups is 1. The van der Waals surface area contributed by atoms with Gasteiger partial charge in [0.25, 0.3) is 0 Å². The first-order valence-electron chi connectivity index (χ1n) is 9.96. The number of hydrogen-bond donors (Lipinski definition) is 2. The molecule has 0 radical (unpaired) electrons. The Bertz CT molecular complexity index is 997. The summed E-state index contributed by atoms with van der Waals surface area (Å²) in [6.07, 6.45) is 1.01. The lowest BCUT2D eigenvalue weighted by molar-refractivity contribution is -0.116. The third-order valence-electron chi connectivity index (χ3n) is 4.97. The van der Waals surface area contributed by atoms with Crippen molar-refractivity contribution in [2.24, 2.45) is 0 Å². The lowest BCUT2D eigenvalue weighted by Crippen LogP contribution is -2.25. The summed E-state index contributed by atoms with van der Waals surface area (Å²) in [4.78, 5) is 14.6. The van der Waals surface area contributed by atoms with E-state index in [0.29, 0.717) is 54.1 Å². The highest BCUT2D eigenvalue weighted by atomic mass is 32.2. The summed E-state index contributed by atoms with van der Waals surface area (Å²) in [6.45, 7) is 10.7. The van der Waals surface area contributed by atoms with Crippen LogP contribution in [0.1, 0.15) is 44.7 Å². The van der Waals surface area contributed by atoms with Gasteiger partial charge in [0.15, 0.2) is 0 Å². The van der Waals surface area contributed by atoms with E-state index in [4.69, 9.17) is 5.73 Å². The van der Waals surface area contributed by atoms with Crippen molar-refractivity contribution in [3.63, 3.8) is 0 Å². The van der Waals surface area contributed by atoms with Gasteiger partial charge in [0.2, 0.25) is 15.7 Å². The second-order valence-electron chi connectivity index (χ2n) is 7.10. The summed E-state index contributed by atoms with van der Waals surface area (Å²) in [5.41, 5.74) is 8.68. The van der Waals surface area contributed by atoms with E-state index < -0.39 is 9.84 Å². The highest BCUT2D eigenvalue weighted by Gasteiger charge is 2.29. The van der Waals surface area contributed by atoms with Crippen molar-refractivity contribution in [1.29, 1.82) is 0 Å².